The fourth-order valence-electron chi connectivity index (χ4n) is 5.85. The molecule has 0 spiro atoms. The molecule has 10 heteroatoms. The Balaban J connectivity index is 1.36. The van der Waals surface area contributed by atoms with Gasteiger partial charge in [-0.05, 0) is 60.7 Å². The molecule has 1 aromatic heterocycles. The zero-order valence-corrected chi connectivity index (χ0v) is 28.1. The van der Waals surface area contributed by atoms with Crippen molar-refractivity contribution in [2.24, 2.45) is 7.05 Å². The Labute approximate surface area is 260 Å². The van der Waals surface area contributed by atoms with Crippen LogP contribution in [0.1, 0.15) is 73.4 Å². The topological polar surface area (TPSA) is 85.7 Å². The number of ether oxygens (including phenoxy) is 1. The summed E-state index contributed by atoms with van der Waals surface area (Å²) in [6.45, 7) is 15.0. The zero-order chi connectivity index (χ0) is 31.1. The van der Waals surface area contributed by atoms with Crippen molar-refractivity contribution < 1.29 is 18.8 Å². The molecule has 0 saturated carbocycles. The van der Waals surface area contributed by atoms with E-state index in [4.69, 9.17) is 20.8 Å². The Kier molecular flexibility index (Phi) is 8.91. The maximum Gasteiger partial charge on any atom is 0.320 e. The maximum atomic E-state index is 13.5. The van der Waals surface area contributed by atoms with E-state index in [2.05, 4.69) is 62.4 Å². The average molecular weight is 623 g/mol. The van der Waals surface area contributed by atoms with Crippen molar-refractivity contribution in [2.75, 3.05) is 25.0 Å². The van der Waals surface area contributed by atoms with Gasteiger partial charge in [-0.25, -0.2) is 4.98 Å². The predicted molar refractivity (Wildman–Crippen MR) is 173 cm³/mol. The highest BCUT2D eigenvalue weighted by molar-refractivity contribution is 6.74. The van der Waals surface area contributed by atoms with E-state index in [1.807, 2.05) is 34.7 Å². The standard InChI is InChI=1S/C33H43ClN4O4Si/c1-8-41-29(39)20-38-18-17-27-26(19-38)35-31(37(27)5)32(40)36-25-14-10-13-24(30(25)34)21-11-9-12-23-22(21)15-16-28(23)42-43(6,7)33(2,3)4/h9-14,28H,8,15-20H2,1-7H3,(H,36,40). The number of imidazole rings is 1. The first-order valence-corrected chi connectivity index (χ1v) is 18.4. The summed E-state index contributed by atoms with van der Waals surface area (Å²) >= 11 is 7.00. The highest BCUT2D eigenvalue weighted by Gasteiger charge is 2.41. The molecule has 8 nitrogen and oxygen atoms in total. The minimum Gasteiger partial charge on any atom is -0.465 e. The second-order valence-electron chi connectivity index (χ2n) is 13.1. The van der Waals surface area contributed by atoms with Crippen LogP contribution in [0.3, 0.4) is 0 Å². The molecular weight excluding hydrogens is 580 g/mol. The predicted octanol–water partition coefficient (Wildman–Crippen LogP) is 6.92. The normalized spacial score (nSPS) is 17.0. The maximum absolute atomic E-state index is 13.5. The van der Waals surface area contributed by atoms with E-state index >= 15 is 0 Å². The molecule has 2 aromatic carbocycles. The lowest BCUT2D eigenvalue weighted by atomic mass is 9.96. The Morgan fingerprint density at radius 3 is 2.56 bits per heavy atom. The van der Waals surface area contributed by atoms with E-state index in [0.717, 1.165) is 35.4 Å². The van der Waals surface area contributed by atoms with Gasteiger partial charge in [0.05, 0.1) is 35.7 Å². The Morgan fingerprint density at radius 2 is 1.84 bits per heavy atom. The van der Waals surface area contributed by atoms with Gasteiger partial charge in [-0.15, -0.1) is 0 Å². The summed E-state index contributed by atoms with van der Waals surface area (Å²) in [4.78, 5) is 32.1. The number of halogens is 1. The molecule has 0 saturated heterocycles. The first kappa shape index (κ1) is 31.4. The van der Waals surface area contributed by atoms with Gasteiger partial charge in [-0.1, -0.05) is 62.7 Å². The van der Waals surface area contributed by atoms with Crippen molar-refractivity contribution in [1.82, 2.24) is 14.5 Å². The number of amides is 1. The number of hydrogen-bond acceptors (Lipinski definition) is 6. The van der Waals surface area contributed by atoms with E-state index in [9.17, 15) is 9.59 Å². The van der Waals surface area contributed by atoms with Gasteiger partial charge in [0.25, 0.3) is 5.91 Å². The molecule has 2 aliphatic rings. The van der Waals surface area contributed by atoms with Gasteiger partial charge < -0.3 is 19.0 Å². The molecule has 0 fully saturated rings. The fraction of sp³-hybridized carbons (Fsp3) is 0.485. The number of aromatic nitrogens is 2. The number of anilines is 1. The summed E-state index contributed by atoms with van der Waals surface area (Å²) in [5.41, 5.74) is 6.81. The van der Waals surface area contributed by atoms with E-state index < -0.39 is 8.32 Å². The first-order valence-electron chi connectivity index (χ1n) is 15.1. The van der Waals surface area contributed by atoms with Crippen molar-refractivity contribution >= 4 is 37.5 Å². The summed E-state index contributed by atoms with van der Waals surface area (Å²) < 4.78 is 13.8. The minimum atomic E-state index is -1.93. The van der Waals surface area contributed by atoms with Gasteiger partial charge in [-0.2, -0.15) is 0 Å². The largest absolute Gasteiger partial charge is 0.465 e. The Bertz CT molecular complexity index is 1540. The smallest absolute Gasteiger partial charge is 0.320 e. The molecule has 3 aromatic rings. The molecule has 1 aliphatic carbocycles. The monoisotopic (exact) mass is 622 g/mol. The quantitative estimate of drug-likeness (QED) is 0.217. The fourth-order valence-corrected chi connectivity index (χ4v) is 7.43. The highest BCUT2D eigenvalue weighted by atomic mass is 35.5. The Morgan fingerprint density at radius 1 is 1.12 bits per heavy atom. The van der Waals surface area contributed by atoms with Crippen molar-refractivity contribution in [3.05, 3.63) is 69.8 Å². The number of esters is 1. The number of carbonyl (C=O) groups is 2. The summed E-state index contributed by atoms with van der Waals surface area (Å²) in [6, 6.07) is 12.1. The van der Waals surface area contributed by atoms with Gasteiger partial charge >= 0.3 is 5.97 Å². The van der Waals surface area contributed by atoms with Crippen molar-refractivity contribution in [3.8, 4) is 11.1 Å². The number of fused-ring (bicyclic) bond motifs is 2. The number of rotatable bonds is 8. The number of nitrogens with one attached hydrogen (secondary N) is 1. The summed E-state index contributed by atoms with van der Waals surface area (Å²) in [5.74, 6) is -0.262. The van der Waals surface area contributed by atoms with E-state index in [-0.39, 0.29) is 29.6 Å². The van der Waals surface area contributed by atoms with Crippen LogP contribution < -0.4 is 5.32 Å². The third-order valence-electron chi connectivity index (χ3n) is 9.19. The lowest BCUT2D eigenvalue weighted by molar-refractivity contribution is -0.144. The molecule has 0 bridgehead atoms. The third-order valence-corrected chi connectivity index (χ3v) is 14.1. The molecule has 1 atom stereocenters. The van der Waals surface area contributed by atoms with Crippen LogP contribution in [-0.2, 0) is 40.4 Å². The van der Waals surface area contributed by atoms with E-state index in [1.54, 1.807) is 6.92 Å². The zero-order valence-electron chi connectivity index (χ0n) is 26.3. The van der Waals surface area contributed by atoms with Crippen molar-refractivity contribution in [1.29, 1.82) is 0 Å². The third kappa shape index (κ3) is 6.31. The number of hydrogen-bond donors (Lipinski definition) is 1. The molecule has 2 heterocycles. The average Bonchev–Trinajstić information content (AvgIpc) is 3.49. The summed E-state index contributed by atoms with van der Waals surface area (Å²) in [5, 5.41) is 3.64. The molecule has 5 rings (SSSR count). The second-order valence-corrected chi connectivity index (χ2v) is 18.2. The van der Waals surface area contributed by atoms with Gasteiger partial charge in [0.1, 0.15) is 0 Å². The molecule has 1 unspecified atom stereocenters. The lowest BCUT2D eigenvalue weighted by Gasteiger charge is -2.38. The Hall–Kier alpha value is -2.98. The highest BCUT2D eigenvalue weighted by Crippen LogP contribution is 2.46. The minimum absolute atomic E-state index is 0.0835. The molecular formula is C33H43ClN4O4Si. The molecule has 230 valence electrons. The van der Waals surface area contributed by atoms with Crippen molar-refractivity contribution in [2.45, 2.75) is 77.7 Å². The van der Waals surface area contributed by atoms with Crippen LogP contribution in [0.4, 0.5) is 5.69 Å². The molecule has 43 heavy (non-hydrogen) atoms. The van der Waals surface area contributed by atoms with Crippen LogP contribution in [0.5, 0.6) is 0 Å². The lowest BCUT2D eigenvalue weighted by Crippen LogP contribution is -2.41. The van der Waals surface area contributed by atoms with Crippen LogP contribution in [0, 0.1) is 0 Å². The molecule has 0 radical (unpaired) electrons. The van der Waals surface area contributed by atoms with Crippen LogP contribution in [0.25, 0.3) is 11.1 Å². The van der Waals surface area contributed by atoms with Crippen LogP contribution in [0.2, 0.25) is 23.2 Å². The number of benzene rings is 2. The van der Waals surface area contributed by atoms with E-state index in [0.29, 0.717) is 42.7 Å². The first-order chi connectivity index (χ1) is 20.3. The second kappa shape index (κ2) is 12.2. The van der Waals surface area contributed by atoms with Gasteiger partial charge in [0, 0.05) is 37.8 Å². The number of nitrogens with zero attached hydrogens (tertiary/aromatic N) is 3. The van der Waals surface area contributed by atoms with E-state index in [1.165, 1.54) is 11.1 Å². The SMILES string of the molecule is CCOC(=O)CN1CCc2c(nc(C(=O)Nc3cccc(-c4cccc5c4CCC5O[Si](C)(C)C(C)(C)C)c3Cl)n2C)C1. The van der Waals surface area contributed by atoms with Gasteiger partial charge in [-0.3, -0.25) is 14.5 Å². The van der Waals surface area contributed by atoms with Gasteiger partial charge in [0.15, 0.2) is 14.1 Å². The molecule has 1 N–H and O–H groups in total. The van der Waals surface area contributed by atoms with Crippen LogP contribution in [-0.4, -0.2) is 54.3 Å². The van der Waals surface area contributed by atoms with Gasteiger partial charge in [0.2, 0.25) is 0 Å². The summed E-state index contributed by atoms with van der Waals surface area (Å²) in [6.07, 6.45) is 2.65. The summed E-state index contributed by atoms with van der Waals surface area (Å²) in [7, 11) is -0.0774. The van der Waals surface area contributed by atoms with Crippen LogP contribution in [0.15, 0.2) is 36.4 Å². The van der Waals surface area contributed by atoms with Crippen LogP contribution >= 0.6 is 11.6 Å². The molecule has 1 amide bonds. The molecule has 1 aliphatic heterocycles. The number of carbonyl (C=O) groups excluding carboxylic acids is 2. The van der Waals surface area contributed by atoms with Crippen molar-refractivity contribution in [3.63, 3.8) is 0 Å².